The van der Waals surface area contributed by atoms with Crippen molar-refractivity contribution in [1.82, 2.24) is 0 Å². The molecule has 0 spiro atoms. The molecule has 54 valence electrons. The molecule has 0 unspecified atom stereocenters. The highest BCUT2D eigenvalue weighted by Crippen LogP contribution is 2.21. The van der Waals surface area contributed by atoms with E-state index in [1.807, 2.05) is 0 Å². The lowest BCUT2D eigenvalue weighted by molar-refractivity contribution is -0.633. The van der Waals surface area contributed by atoms with E-state index in [0.717, 1.165) is 5.92 Å². The molecule has 0 aliphatic heterocycles. The lowest BCUT2D eigenvalue weighted by Crippen LogP contribution is -2.81. The molecular formula is C8H18N+. The fourth-order valence-corrected chi connectivity index (χ4v) is 1.76. The van der Waals surface area contributed by atoms with Gasteiger partial charge in [0.2, 0.25) is 0 Å². The molecule has 2 N–H and O–H groups in total. The van der Waals surface area contributed by atoms with Gasteiger partial charge in [-0.1, -0.05) is 19.3 Å². The average molecular weight is 128 g/mol. The molecule has 1 heteroatoms. The molecule has 1 rings (SSSR count). The van der Waals surface area contributed by atoms with Gasteiger partial charge < -0.3 is 5.32 Å². The zero-order chi connectivity index (χ0) is 6.53. The molecule has 0 aromatic heterocycles. The minimum Gasteiger partial charge on any atom is -0.348 e. The maximum atomic E-state index is 2.32. The van der Waals surface area contributed by atoms with Crippen LogP contribution in [-0.2, 0) is 0 Å². The topological polar surface area (TPSA) is 16.6 Å². The highest BCUT2D eigenvalue weighted by molar-refractivity contribution is 4.63. The Hall–Kier alpha value is -0.0400. The summed E-state index contributed by atoms with van der Waals surface area (Å²) in [4.78, 5) is 0. The van der Waals surface area contributed by atoms with Gasteiger partial charge in [-0.3, -0.25) is 0 Å². The third kappa shape index (κ3) is 2.35. The molecular weight excluding hydrogens is 110 g/mol. The van der Waals surface area contributed by atoms with Crippen LogP contribution in [-0.4, -0.2) is 13.6 Å². The summed E-state index contributed by atoms with van der Waals surface area (Å²) >= 11 is 0. The van der Waals surface area contributed by atoms with Crippen LogP contribution >= 0.6 is 0 Å². The Kier molecular flexibility index (Phi) is 3.05. The number of quaternary nitrogens is 1. The monoisotopic (exact) mass is 128 g/mol. The molecule has 1 saturated carbocycles. The molecule has 0 aromatic carbocycles. The molecule has 0 amide bonds. The van der Waals surface area contributed by atoms with E-state index < -0.39 is 0 Å². The third-order valence-electron chi connectivity index (χ3n) is 2.29. The van der Waals surface area contributed by atoms with E-state index in [4.69, 9.17) is 0 Å². The van der Waals surface area contributed by atoms with Crippen LogP contribution in [0.5, 0.6) is 0 Å². The predicted octanol–water partition coefficient (Wildman–Crippen LogP) is 0.760. The number of nitrogens with two attached hydrogens (primary N) is 1. The van der Waals surface area contributed by atoms with Crippen LogP contribution in [0.15, 0.2) is 0 Å². The van der Waals surface area contributed by atoms with Crippen molar-refractivity contribution < 1.29 is 5.32 Å². The molecule has 1 aliphatic rings. The van der Waals surface area contributed by atoms with E-state index >= 15 is 0 Å². The van der Waals surface area contributed by atoms with Crippen LogP contribution in [0, 0.1) is 5.92 Å². The van der Waals surface area contributed by atoms with Crippen molar-refractivity contribution in [1.29, 1.82) is 0 Å². The molecule has 1 fully saturated rings. The van der Waals surface area contributed by atoms with Gasteiger partial charge in [0.15, 0.2) is 0 Å². The van der Waals surface area contributed by atoms with Crippen LogP contribution < -0.4 is 5.32 Å². The number of hydrogen-bond donors (Lipinski definition) is 1. The lowest BCUT2D eigenvalue weighted by Gasteiger charge is -2.18. The summed E-state index contributed by atoms with van der Waals surface area (Å²) in [7, 11) is 2.18. The van der Waals surface area contributed by atoms with Crippen molar-refractivity contribution in [3.8, 4) is 0 Å². The average Bonchev–Trinajstić information content (AvgIpc) is 1.91. The van der Waals surface area contributed by atoms with E-state index in [9.17, 15) is 0 Å². The van der Waals surface area contributed by atoms with Crippen LogP contribution in [0.2, 0.25) is 0 Å². The Bertz CT molecular complexity index is 62.2. The van der Waals surface area contributed by atoms with Gasteiger partial charge >= 0.3 is 0 Å². The van der Waals surface area contributed by atoms with Crippen molar-refractivity contribution >= 4 is 0 Å². The van der Waals surface area contributed by atoms with E-state index in [1.54, 1.807) is 0 Å². The smallest absolute Gasteiger partial charge is 0.0781 e. The maximum Gasteiger partial charge on any atom is 0.0781 e. The largest absolute Gasteiger partial charge is 0.348 e. The zero-order valence-electron chi connectivity index (χ0n) is 6.40. The Morgan fingerprint density at radius 3 is 2.44 bits per heavy atom. The van der Waals surface area contributed by atoms with Gasteiger partial charge in [-0.2, -0.15) is 0 Å². The van der Waals surface area contributed by atoms with E-state index in [1.165, 1.54) is 38.6 Å². The Balaban J connectivity index is 2.08. The van der Waals surface area contributed by atoms with Gasteiger partial charge in [0.05, 0.1) is 13.6 Å². The second kappa shape index (κ2) is 3.89. The Morgan fingerprint density at radius 2 is 1.89 bits per heavy atom. The van der Waals surface area contributed by atoms with Crippen molar-refractivity contribution in [2.24, 2.45) is 5.92 Å². The van der Waals surface area contributed by atoms with E-state index in [-0.39, 0.29) is 0 Å². The second-order valence-corrected chi connectivity index (χ2v) is 3.15. The molecule has 0 heterocycles. The quantitative estimate of drug-likeness (QED) is 0.565. The highest BCUT2D eigenvalue weighted by atomic mass is 14.8. The zero-order valence-corrected chi connectivity index (χ0v) is 6.40. The first kappa shape index (κ1) is 7.07. The lowest BCUT2D eigenvalue weighted by atomic mass is 9.89. The van der Waals surface area contributed by atoms with Gasteiger partial charge in [0, 0.05) is 5.92 Å². The van der Waals surface area contributed by atoms with E-state index in [0.29, 0.717) is 0 Å². The minimum atomic E-state index is 1.05. The van der Waals surface area contributed by atoms with Crippen LogP contribution in [0.4, 0.5) is 0 Å². The first-order chi connectivity index (χ1) is 4.43. The van der Waals surface area contributed by atoms with Gasteiger partial charge in [-0.05, 0) is 12.8 Å². The summed E-state index contributed by atoms with van der Waals surface area (Å²) in [6.45, 7) is 1.36. The molecule has 9 heavy (non-hydrogen) atoms. The van der Waals surface area contributed by atoms with Crippen molar-refractivity contribution in [3.05, 3.63) is 0 Å². The molecule has 0 radical (unpaired) electrons. The molecule has 0 atom stereocenters. The highest BCUT2D eigenvalue weighted by Gasteiger charge is 2.13. The second-order valence-electron chi connectivity index (χ2n) is 3.15. The first-order valence-corrected chi connectivity index (χ1v) is 4.21. The van der Waals surface area contributed by atoms with Crippen molar-refractivity contribution in [3.63, 3.8) is 0 Å². The fraction of sp³-hybridized carbons (Fsp3) is 1.00. The Labute approximate surface area is 57.8 Å². The number of hydrogen-bond acceptors (Lipinski definition) is 0. The standard InChI is InChI=1S/C8H17N/c1-9-7-8-5-3-2-4-6-8/h8-9H,2-7H2,1H3/p+1. The van der Waals surface area contributed by atoms with Gasteiger partial charge in [-0.25, -0.2) is 0 Å². The molecule has 0 bridgehead atoms. The summed E-state index contributed by atoms with van der Waals surface area (Å²) in [5.41, 5.74) is 0. The van der Waals surface area contributed by atoms with Crippen LogP contribution in [0.3, 0.4) is 0 Å². The van der Waals surface area contributed by atoms with Gasteiger partial charge in [-0.15, -0.1) is 0 Å². The third-order valence-corrected chi connectivity index (χ3v) is 2.29. The molecule has 1 nitrogen and oxygen atoms in total. The van der Waals surface area contributed by atoms with Crippen molar-refractivity contribution in [2.45, 2.75) is 32.1 Å². The van der Waals surface area contributed by atoms with Gasteiger partial charge in [0.1, 0.15) is 0 Å². The summed E-state index contributed by atoms with van der Waals surface area (Å²) in [5, 5.41) is 2.32. The summed E-state index contributed by atoms with van der Waals surface area (Å²) in [6, 6.07) is 0. The van der Waals surface area contributed by atoms with Crippen molar-refractivity contribution in [2.75, 3.05) is 13.6 Å². The molecule has 0 saturated heterocycles. The van der Waals surface area contributed by atoms with Gasteiger partial charge in [0.25, 0.3) is 0 Å². The Morgan fingerprint density at radius 1 is 1.22 bits per heavy atom. The fourth-order valence-electron chi connectivity index (χ4n) is 1.76. The summed E-state index contributed by atoms with van der Waals surface area (Å²) < 4.78 is 0. The minimum absolute atomic E-state index is 1.05. The molecule has 0 aromatic rings. The van der Waals surface area contributed by atoms with Crippen LogP contribution in [0.25, 0.3) is 0 Å². The summed E-state index contributed by atoms with van der Waals surface area (Å²) in [6.07, 6.45) is 7.44. The maximum absolute atomic E-state index is 2.32. The SMILES string of the molecule is C[NH2+]CC1CCCCC1. The van der Waals surface area contributed by atoms with Crippen LogP contribution in [0.1, 0.15) is 32.1 Å². The molecule has 1 aliphatic carbocycles. The normalized spacial score (nSPS) is 22.3. The summed E-state index contributed by atoms with van der Waals surface area (Å²) in [5.74, 6) is 1.05. The van der Waals surface area contributed by atoms with E-state index in [2.05, 4.69) is 12.4 Å². The number of rotatable bonds is 2. The first-order valence-electron chi connectivity index (χ1n) is 4.21. The predicted molar refractivity (Wildman–Crippen MR) is 39.3 cm³/mol.